The molecule has 0 radical (unpaired) electrons. The molecule has 1 unspecified atom stereocenters. The molecule has 3 heteroatoms. The largest absolute Gasteiger partial charge is 0.395 e. The molecule has 0 fully saturated rings. The number of nitrogen functional groups attached to an aromatic ring is 1. The van der Waals surface area contributed by atoms with E-state index in [1.54, 1.807) is 6.07 Å². The summed E-state index contributed by atoms with van der Waals surface area (Å²) in [6, 6.07) is 13.3. The SMILES string of the molecule is Nc1c(F)cccc1NCC1Cc2ccccc21. The Kier molecular flexibility index (Phi) is 2.67. The average Bonchev–Trinajstić information content (AvgIpc) is 2.35. The van der Waals surface area contributed by atoms with Gasteiger partial charge in [-0.25, -0.2) is 4.39 Å². The Labute approximate surface area is 106 Å². The summed E-state index contributed by atoms with van der Waals surface area (Å²) in [6.07, 6.45) is 1.08. The summed E-state index contributed by atoms with van der Waals surface area (Å²) in [4.78, 5) is 0. The Hall–Kier alpha value is -2.03. The van der Waals surface area contributed by atoms with Crippen LogP contribution in [0.2, 0.25) is 0 Å². The van der Waals surface area contributed by atoms with Crippen molar-refractivity contribution < 1.29 is 4.39 Å². The maximum absolute atomic E-state index is 13.3. The number of para-hydroxylation sites is 1. The molecule has 3 N–H and O–H groups in total. The number of anilines is 2. The fraction of sp³-hybridized carbons (Fsp3) is 0.200. The van der Waals surface area contributed by atoms with Gasteiger partial charge < -0.3 is 11.1 Å². The highest BCUT2D eigenvalue weighted by molar-refractivity contribution is 5.66. The van der Waals surface area contributed by atoms with Crippen LogP contribution in [0.25, 0.3) is 0 Å². The fourth-order valence-electron chi connectivity index (χ4n) is 2.47. The molecule has 1 aliphatic rings. The van der Waals surface area contributed by atoms with E-state index >= 15 is 0 Å². The molecule has 1 atom stereocenters. The Morgan fingerprint density at radius 3 is 2.83 bits per heavy atom. The molecule has 2 aromatic rings. The van der Waals surface area contributed by atoms with E-state index in [1.807, 2.05) is 6.07 Å². The first-order chi connectivity index (χ1) is 8.75. The standard InChI is InChI=1S/C15H15FN2/c16-13-6-3-7-14(15(13)17)18-9-11-8-10-4-1-2-5-12(10)11/h1-7,11,18H,8-9,17H2. The van der Waals surface area contributed by atoms with E-state index in [2.05, 4.69) is 29.6 Å². The highest BCUT2D eigenvalue weighted by atomic mass is 19.1. The lowest BCUT2D eigenvalue weighted by atomic mass is 9.77. The van der Waals surface area contributed by atoms with Crippen LogP contribution >= 0.6 is 0 Å². The van der Waals surface area contributed by atoms with Gasteiger partial charge in [0, 0.05) is 12.5 Å². The van der Waals surface area contributed by atoms with Crippen molar-refractivity contribution in [2.45, 2.75) is 12.3 Å². The third kappa shape index (κ3) is 1.82. The average molecular weight is 242 g/mol. The fourth-order valence-corrected chi connectivity index (χ4v) is 2.47. The van der Waals surface area contributed by atoms with E-state index in [-0.39, 0.29) is 11.5 Å². The molecule has 18 heavy (non-hydrogen) atoms. The van der Waals surface area contributed by atoms with E-state index in [9.17, 15) is 4.39 Å². The molecule has 0 saturated heterocycles. The van der Waals surface area contributed by atoms with Crippen LogP contribution in [0.1, 0.15) is 17.0 Å². The maximum atomic E-state index is 13.3. The molecular formula is C15H15FN2. The Morgan fingerprint density at radius 2 is 2.00 bits per heavy atom. The lowest BCUT2D eigenvalue weighted by molar-refractivity contribution is 0.628. The second-order valence-electron chi connectivity index (χ2n) is 4.68. The monoisotopic (exact) mass is 242 g/mol. The van der Waals surface area contributed by atoms with Gasteiger partial charge in [-0.2, -0.15) is 0 Å². The van der Waals surface area contributed by atoms with Gasteiger partial charge in [0.05, 0.1) is 11.4 Å². The molecule has 0 saturated carbocycles. The van der Waals surface area contributed by atoms with Gasteiger partial charge in [-0.3, -0.25) is 0 Å². The van der Waals surface area contributed by atoms with Crippen LogP contribution in [0.5, 0.6) is 0 Å². The van der Waals surface area contributed by atoms with Crippen molar-refractivity contribution in [3.8, 4) is 0 Å². The van der Waals surface area contributed by atoms with E-state index in [1.165, 1.54) is 17.2 Å². The first-order valence-corrected chi connectivity index (χ1v) is 6.11. The van der Waals surface area contributed by atoms with Crippen molar-refractivity contribution in [2.75, 3.05) is 17.6 Å². The van der Waals surface area contributed by atoms with Gasteiger partial charge in [-0.05, 0) is 29.7 Å². The van der Waals surface area contributed by atoms with E-state index in [4.69, 9.17) is 5.73 Å². The lowest BCUT2D eigenvalue weighted by Crippen LogP contribution is -2.24. The van der Waals surface area contributed by atoms with Crippen molar-refractivity contribution in [3.05, 3.63) is 59.4 Å². The molecule has 0 amide bonds. The van der Waals surface area contributed by atoms with Gasteiger partial charge >= 0.3 is 0 Å². The zero-order chi connectivity index (χ0) is 12.5. The molecule has 1 aliphatic carbocycles. The van der Waals surface area contributed by atoms with Crippen LogP contribution < -0.4 is 11.1 Å². The van der Waals surface area contributed by atoms with Crippen LogP contribution in [0.15, 0.2) is 42.5 Å². The van der Waals surface area contributed by atoms with Gasteiger partial charge in [-0.15, -0.1) is 0 Å². The van der Waals surface area contributed by atoms with Crippen molar-refractivity contribution >= 4 is 11.4 Å². The number of fused-ring (bicyclic) bond motifs is 1. The molecule has 0 bridgehead atoms. The van der Waals surface area contributed by atoms with Crippen LogP contribution in [-0.4, -0.2) is 6.54 Å². The van der Waals surface area contributed by atoms with Gasteiger partial charge in [0.15, 0.2) is 0 Å². The zero-order valence-electron chi connectivity index (χ0n) is 9.99. The molecule has 0 heterocycles. The Bertz CT molecular complexity index is 580. The number of rotatable bonds is 3. The minimum absolute atomic E-state index is 0.199. The number of halogens is 1. The summed E-state index contributed by atoms with van der Waals surface area (Å²) in [5.74, 6) is 0.137. The minimum Gasteiger partial charge on any atom is -0.395 e. The quantitative estimate of drug-likeness (QED) is 0.811. The van der Waals surface area contributed by atoms with Crippen LogP contribution in [0.3, 0.4) is 0 Å². The minimum atomic E-state index is -0.367. The summed E-state index contributed by atoms with van der Waals surface area (Å²) in [6.45, 7) is 0.796. The zero-order valence-corrected chi connectivity index (χ0v) is 9.99. The molecule has 92 valence electrons. The second-order valence-corrected chi connectivity index (χ2v) is 4.68. The second kappa shape index (κ2) is 4.33. The molecule has 3 rings (SSSR count). The molecule has 0 aromatic heterocycles. The molecular weight excluding hydrogens is 227 g/mol. The third-order valence-electron chi connectivity index (χ3n) is 3.55. The summed E-state index contributed by atoms with van der Waals surface area (Å²) < 4.78 is 13.3. The third-order valence-corrected chi connectivity index (χ3v) is 3.55. The number of hydrogen-bond acceptors (Lipinski definition) is 2. The van der Waals surface area contributed by atoms with Gasteiger partial charge in [-0.1, -0.05) is 30.3 Å². The van der Waals surface area contributed by atoms with Gasteiger partial charge in [0.1, 0.15) is 5.82 Å². The first kappa shape index (κ1) is 11.1. The van der Waals surface area contributed by atoms with Crippen LogP contribution in [0, 0.1) is 5.82 Å². The number of nitrogens with two attached hydrogens (primary N) is 1. The van der Waals surface area contributed by atoms with Crippen molar-refractivity contribution in [1.29, 1.82) is 0 Å². The highest BCUT2D eigenvalue weighted by Crippen LogP contribution is 2.35. The molecule has 2 nitrogen and oxygen atoms in total. The Balaban J connectivity index is 1.69. The molecule has 0 aliphatic heterocycles. The number of hydrogen-bond donors (Lipinski definition) is 2. The van der Waals surface area contributed by atoms with Crippen molar-refractivity contribution in [3.63, 3.8) is 0 Å². The molecule has 0 spiro atoms. The van der Waals surface area contributed by atoms with Crippen molar-refractivity contribution in [1.82, 2.24) is 0 Å². The van der Waals surface area contributed by atoms with Crippen molar-refractivity contribution in [2.24, 2.45) is 0 Å². The predicted octanol–water partition coefficient (Wildman–Crippen LogP) is 3.16. The smallest absolute Gasteiger partial charge is 0.148 e. The summed E-state index contributed by atoms with van der Waals surface area (Å²) in [5.41, 5.74) is 9.37. The van der Waals surface area contributed by atoms with Gasteiger partial charge in [0.2, 0.25) is 0 Å². The van der Waals surface area contributed by atoms with E-state index in [0.717, 1.165) is 13.0 Å². The van der Waals surface area contributed by atoms with Crippen LogP contribution in [-0.2, 0) is 6.42 Å². The summed E-state index contributed by atoms with van der Waals surface area (Å²) in [5, 5.41) is 3.23. The van der Waals surface area contributed by atoms with Crippen LogP contribution in [0.4, 0.5) is 15.8 Å². The van der Waals surface area contributed by atoms with E-state index < -0.39 is 0 Å². The number of benzene rings is 2. The maximum Gasteiger partial charge on any atom is 0.148 e. The lowest BCUT2D eigenvalue weighted by Gasteiger charge is -2.30. The number of nitrogens with one attached hydrogen (secondary N) is 1. The normalized spacial score (nSPS) is 16.8. The predicted molar refractivity (Wildman–Crippen MR) is 72.2 cm³/mol. The van der Waals surface area contributed by atoms with Gasteiger partial charge in [0.25, 0.3) is 0 Å². The topological polar surface area (TPSA) is 38.0 Å². The Morgan fingerprint density at radius 1 is 1.17 bits per heavy atom. The summed E-state index contributed by atoms with van der Waals surface area (Å²) in [7, 11) is 0. The van der Waals surface area contributed by atoms with E-state index in [0.29, 0.717) is 11.6 Å². The molecule has 2 aromatic carbocycles. The summed E-state index contributed by atoms with van der Waals surface area (Å²) >= 11 is 0. The highest BCUT2D eigenvalue weighted by Gasteiger charge is 2.25. The first-order valence-electron chi connectivity index (χ1n) is 6.11.